The fraction of sp³-hybridized carbons (Fsp3) is 0.391. The summed E-state index contributed by atoms with van der Waals surface area (Å²) in [7, 11) is -3.54. The molecular weight excluding hydrogens is 466 g/mol. The minimum absolute atomic E-state index is 0.0213. The van der Waals surface area contributed by atoms with Crippen molar-refractivity contribution < 1.29 is 22.7 Å². The van der Waals surface area contributed by atoms with Crippen molar-refractivity contribution >= 4 is 44.8 Å². The Morgan fingerprint density at radius 3 is 2.67 bits per heavy atom. The molecule has 1 aliphatic rings. The molecule has 1 saturated heterocycles. The molecule has 0 aliphatic carbocycles. The van der Waals surface area contributed by atoms with Crippen LogP contribution in [0.3, 0.4) is 0 Å². The standard InChI is InChI=1S/C23H28ClN3O5S/c1-33(30,31)27(18-8-4-7-17(24)15-18)13-5-12-22(28)26-21-11-3-2-10-20(21)23(29)25-16-19-9-6-14-32-19/h2-4,7-8,10-11,15,19H,5-6,9,12-14,16H2,1H3,(H,25,29)(H,26,28)/t19-/m1/s1. The van der Waals surface area contributed by atoms with E-state index in [4.69, 9.17) is 16.3 Å². The first-order valence-electron chi connectivity index (χ1n) is 10.8. The third-order valence-corrected chi connectivity index (χ3v) is 6.65. The van der Waals surface area contributed by atoms with E-state index in [1.165, 1.54) is 4.31 Å². The lowest BCUT2D eigenvalue weighted by molar-refractivity contribution is -0.116. The van der Waals surface area contributed by atoms with E-state index in [2.05, 4.69) is 10.6 Å². The number of para-hydroxylation sites is 1. The average molecular weight is 494 g/mol. The molecule has 178 valence electrons. The number of rotatable bonds is 10. The van der Waals surface area contributed by atoms with Gasteiger partial charge in [-0.25, -0.2) is 8.42 Å². The largest absolute Gasteiger partial charge is 0.376 e. The van der Waals surface area contributed by atoms with Gasteiger partial charge in [0.25, 0.3) is 5.91 Å². The van der Waals surface area contributed by atoms with Gasteiger partial charge in [-0.15, -0.1) is 0 Å². The first-order valence-corrected chi connectivity index (χ1v) is 13.0. The second-order valence-corrected chi connectivity index (χ2v) is 10.2. The zero-order valence-corrected chi connectivity index (χ0v) is 20.0. The summed E-state index contributed by atoms with van der Waals surface area (Å²) in [5.74, 6) is -0.598. The fourth-order valence-electron chi connectivity index (χ4n) is 3.61. The molecule has 33 heavy (non-hydrogen) atoms. The molecule has 1 heterocycles. The van der Waals surface area contributed by atoms with Gasteiger partial charge in [-0.05, 0) is 49.6 Å². The second-order valence-electron chi connectivity index (χ2n) is 7.86. The van der Waals surface area contributed by atoms with E-state index in [-0.39, 0.29) is 30.9 Å². The third kappa shape index (κ3) is 7.45. The van der Waals surface area contributed by atoms with E-state index in [0.717, 1.165) is 19.1 Å². The molecule has 10 heteroatoms. The molecule has 0 aromatic heterocycles. The van der Waals surface area contributed by atoms with Crippen LogP contribution < -0.4 is 14.9 Å². The lowest BCUT2D eigenvalue weighted by atomic mass is 10.1. The maximum absolute atomic E-state index is 12.6. The fourth-order valence-corrected chi connectivity index (χ4v) is 4.75. The summed E-state index contributed by atoms with van der Waals surface area (Å²) in [4.78, 5) is 25.1. The van der Waals surface area contributed by atoms with Crippen LogP contribution in [0, 0.1) is 0 Å². The average Bonchev–Trinajstić information content (AvgIpc) is 3.28. The minimum atomic E-state index is -3.54. The Balaban J connectivity index is 1.56. The lowest BCUT2D eigenvalue weighted by Gasteiger charge is -2.22. The Bertz CT molecular complexity index is 1090. The Hall–Kier alpha value is -2.62. The molecule has 3 rings (SSSR count). The molecule has 0 saturated carbocycles. The lowest BCUT2D eigenvalue weighted by Crippen LogP contribution is -2.32. The predicted molar refractivity (Wildman–Crippen MR) is 129 cm³/mol. The highest BCUT2D eigenvalue weighted by Gasteiger charge is 2.20. The summed E-state index contributed by atoms with van der Waals surface area (Å²) in [5, 5.41) is 6.04. The molecule has 2 aromatic rings. The summed E-state index contributed by atoms with van der Waals surface area (Å²) in [6.07, 6.45) is 3.41. The number of carbonyl (C=O) groups excluding carboxylic acids is 2. The van der Waals surface area contributed by atoms with E-state index in [1.807, 2.05) is 0 Å². The quantitative estimate of drug-likeness (QED) is 0.527. The second kappa shape index (κ2) is 11.5. The van der Waals surface area contributed by atoms with Gasteiger partial charge in [0.1, 0.15) is 0 Å². The van der Waals surface area contributed by atoms with Crippen molar-refractivity contribution in [2.45, 2.75) is 31.8 Å². The molecule has 1 fully saturated rings. The normalized spacial score (nSPS) is 15.8. The topological polar surface area (TPSA) is 105 Å². The highest BCUT2D eigenvalue weighted by molar-refractivity contribution is 7.92. The van der Waals surface area contributed by atoms with Crippen molar-refractivity contribution in [3.8, 4) is 0 Å². The van der Waals surface area contributed by atoms with Crippen molar-refractivity contribution in [1.82, 2.24) is 5.32 Å². The zero-order valence-electron chi connectivity index (χ0n) is 18.4. The molecule has 1 atom stereocenters. The van der Waals surface area contributed by atoms with Crippen molar-refractivity contribution in [3.63, 3.8) is 0 Å². The van der Waals surface area contributed by atoms with E-state index in [0.29, 0.717) is 41.5 Å². The summed E-state index contributed by atoms with van der Waals surface area (Å²) in [6, 6.07) is 13.3. The van der Waals surface area contributed by atoms with Gasteiger partial charge >= 0.3 is 0 Å². The Morgan fingerprint density at radius 2 is 1.97 bits per heavy atom. The number of halogens is 1. The number of amides is 2. The van der Waals surface area contributed by atoms with Crippen molar-refractivity contribution in [2.24, 2.45) is 0 Å². The number of anilines is 2. The van der Waals surface area contributed by atoms with E-state index >= 15 is 0 Å². The summed E-state index contributed by atoms with van der Waals surface area (Å²) in [5.41, 5.74) is 1.21. The van der Waals surface area contributed by atoms with E-state index in [9.17, 15) is 18.0 Å². The number of carbonyl (C=O) groups is 2. The van der Waals surface area contributed by atoms with Gasteiger partial charge in [-0.2, -0.15) is 0 Å². The van der Waals surface area contributed by atoms with Crippen LogP contribution in [0.25, 0.3) is 0 Å². The van der Waals surface area contributed by atoms with Crippen LogP contribution in [-0.4, -0.2) is 52.3 Å². The number of benzene rings is 2. The van der Waals surface area contributed by atoms with Crippen LogP contribution in [0.15, 0.2) is 48.5 Å². The molecule has 2 amide bonds. The number of nitrogens with one attached hydrogen (secondary N) is 2. The maximum Gasteiger partial charge on any atom is 0.253 e. The monoisotopic (exact) mass is 493 g/mol. The van der Waals surface area contributed by atoms with Gasteiger partial charge in [0, 0.05) is 31.1 Å². The van der Waals surface area contributed by atoms with Gasteiger partial charge in [0.2, 0.25) is 15.9 Å². The molecular formula is C23H28ClN3O5S. The van der Waals surface area contributed by atoms with Crippen LogP contribution in [0.5, 0.6) is 0 Å². The zero-order chi connectivity index (χ0) is 23.8. The Labute approximate surface area is 199 Å². The van der Waals surface area contributed by atoms with Crippen LogP contribution in [0.1, 0.15) is 36.0 Å². The first kappa shape index (κ1) is 25.0. The highest BCUT2D eigenvalue weighted by atomic mass is 35.5. The molecule has 0 bridgehead atoms. The number of hydrogen-bond donors (Lipinski definition) is 2. The van der Waals surface area contributed by atoms with Crippen LogP contribution in [0.2, 0.25) is 5.02 Å². The number of hydrogen-bond acceptors (Lipinski definition) is 5. The van der Waals surface area contributed by atoms with Crippen molar-refractivity contribution in [1.29, 1.82) is 0 Å². The highest BCUT2D eigenvalue weighted by Crippen LogP contribution is 2.22. The van der Waals surface area contributed by atoms with E-state index in [1.54, 1.807) is 48.5 Å². The van der Waals surface area contributed by atoms with Crippen molar-refractivity contribution in [3.05, 3.63) is 59.1 Å². The number of sulfonamides is 1. The number of ether oxygens (including phenoxy) is 1. The van der Waals surface area contributed by atoms with Crippen LogP contribution >= 0.6 is 11.6 Å². The summed E-state index contributed by atoms with van der Waals surface area (Å²) >= 11 is 5.99. The van der Waals surface area contributed by atoms with Crippen LogP contribution in [0.4, 0.5) is 11.4 Å². The minimum Gasteiger partial charge on any atom is -0.376 e. The molecule has 8 nitrogen and oxygen atoms in total. The summed E-state index contributed by atoms with van der Waals surface area (Å²) < 4.78 is 31.2. The SMILES string of the molecule is CS(=O)(=O)N(CCCC(=O)Nc1ccccc1C(=O)NC[C@H]1CCCO1)c1cccc(Cl)c1. The Morgan fingerprint density at radius 1 is 1.18 bits per heavy atom. The van der Waals surface area contributed by atoms with Gasteiger partial charge in [-0.1, -0.05) is 29.8 Å². The van der Waals surface area contributed by atoms with Gasteiger partial charge in [-0.3, -0.25) is 13.9 Å². The summed E-state index contributed by atoms with van der Waals surface area (Å²) in [6.45, 7) is 1.25. The van der Waals surface area contributed by atoms with Crippen molar-refractivity contribution in [2.75, 3.05) is 35.6 Å². The smallest absolute Gasteiger partial charge is 0.253 e. The number of nitrogens with zero attached hydrogens (tertiary/aromatic N) is 1. The van der Waals surface area contributed by atoms with Gasteiger partial charge in [0.15, 0.2) is 0 Å². The van der Waals surface area contributed by atoms with Crippen LogP contribution in [-0.2, 0) is 19.6 Å². The Kier molecular flexibility index (Phi) is 8.71. The molecule has 2 N–H and O–H groups in total. The van der Waals surface area contributed by atoms with Gasteiger partial charge < -0.3 is 15.4 Å². The molecule has 0 radical (unpaired) electrons. The molecule has 0 unspecified atom stereocenters. The predicted octanol–water partition coefficient (Wildman–Crippen LogP) is 3.43. The van der Waals surface area contributed by atoms with E-state index < -0.39 is 10.0 Å². The third-order valence-electron chi connectivity index (χ3n) is 5.22. The molecule has 0 spiro atoms. The molecule has 1 aliphatic heterocycles. The van der Waals surface area contributed by atoms with Gasteiger partial charge in [0.05, 0.1) is 29.3 Å². The maximum atomic E-state index is 12.6. The first-order chi connectivity index (χ1) is 15.7. The molecule has 2 aromatic carbocycles.